The van der Waals surface area contributed by atoms with Crippen LogP contribution in [0.15, 0.2) is 18.2 Å². The number of ether oxygens (including phenoxy) is 1. The van der Waals surface area contributed by atoms with Gasteiger partial charge in [0.25, 0.3) is 0 Å². The number of aryl methyl sites for hydroxylation is 1. The topological polar surface area (TPSA) is 66.8 Å². The molecule has 0 unspecified atom stereocenters. The van der Waals surface area contributed by atoms with Crippen LogP contribution >= 0.6 is 0 Å². The third kappa shape index (κ3) is 2.11. The third-order valence-electron chi connectivity index (χ3n) is 1.66. The molecule has 0 aliphatic carbocycles. The van der Waals surface area contributed by atoms with E-state index >= 15 is 0 Å². The molecular weight excluding hydrogens is 172 g/mol. The van der Waals surface area contributed by atoms with Crippen LogP contribution in [0, 0.1) is 0 Å². The van der Waals surface area contributed by atoms with Gasteiger partial charge in [0.05, 0.1) is 0 Å². The number of rotatable bonds is 2. The monoisotopic (exact) mass is 182 g/mol. The van der Waals surface area contributed by atoms with Crippen molar-refractivity contribution in [2.45, 2.75) is 13.3 Å². The fraction of sp³-hybridized carbons (Fsp3) is 0.222. The number of carboxylic acid groups (broad SMARTS) is 1. The maximum absolute atomic E-state index is 10.2. The number of benzene rings is 1. The van der Waals surface area contributed by atoms with Crippen molar-refractivity contribution in [3.8, 4) is 11.5 Å². The Kier molecular flexibility index (Phi) is 2.74. The first-order valence-corrected chi connectivity index (χ1v) is 3.86. The van der Waals surface area contributed by atoms with Gasteiger partial charge in [-0.05, 0) is 18.1 Å². The molecule has 0 heterocycles. The van der Waals surface area contributed by atoms with E-state index in [1.165, 1.54) is 6.07 Å². The first-order valence-electron chi connectivity index (χ1n) is 3.86. The first-order chi connectivity index (χ1) is 6.15. The molecule has 0 radical (unpaired) electrons. The number of hydrogen-bond acceptors (Lipinski definition) is 3. The van der Waals surface area contributed by atoms with Gasteiger partial charge in [-0.15, -0.1) is 0 Å². The van der Waals surface area contributed by atoms with E-state index in [4.69, 9.17) is 5.11 Å². The van der Waals surface area contributed by atoms with Crippen LogP contribution in [0.2, 0.25) is 0 Å². The predicted octanol–water partition coefficient (Wildman–Crippen LogP) is 2.01. The molecule has 0 fully saturated rings. The summed E-state index contributed by atoms with van der Waals surface area (Å²) in [6, 6.07) is 4.75. The molecule has 0 amide bonds. The maximum atomic E-state index is 10.2. The molecule has 1 rings (SSSR count). The normalized spacial score (nSPS) is 9.62. The Morgan fingerprint density at radius 3 is 2.77 bits per heavy atom. The van der Waals surface area contributed by atoms with Crippen LogP contribution in [0.4, 0.5) is 4.79 Å². The lowest BCUT2D eigenvalue weighted by atomic mass is 10.1. The van der Waals surface area contributed by atoms with Crippen LogP contribution in [0.5, 0.6) is 11.5 Å². The molecule has 70 valence electrons. The summed E-state index contributed by atoms with van der Waals surface area (Å²) in [6.45, 7) is 1.86. The second kappa shape index (κ2) is 3.80. The van der Waals surface area contributed by atoms with Gasteiger partial charge in [-0.1, -0.05) is 19.1 Å². The molecule has 13 heavy (non-hydrogen) atoms. The van der Waals surface area contributed by atoms with Gasteiger partial charge in [-0.25, -0.2) is 4.79 Å². The van der Waals surface area contributed by atoms with E-state index in [9.17, 15) is 9.90 Å². The molecule has 0 aromatic heterocycles. The van der Waals surface area contributed by atoms with Crippen molar-refractivity contribution in [3.05, 3.63) is 23.8 Å². The number of hydrogen-bond donors (Lipinski definition) is 2. The zero-order valence-electron chi connectivity index (χ0n) is 7.15. The second-order valence-corrected chi connectivity index (χ2v) is 2.49. The van der Waals surface area contributed by atoms with Gasteiger partial charge < -0.3 is 14.9 Å². The first kappa shape index (κ1) is 9.38. The van der Waals surface area contributed by atoms with E-state index < -0.39 is 6.16 Å². The van der Waals surface area contributed by atoms with E-state index in [2.05, 4.69) is 4.74 Å². The van der Waals surface area contributed by atoms with E-state index in [1.54, 1.807) is 12.1 Å². The summed E-state index contributed by atoms with van der Waals surface area (Å²) in [5, 5.41) is 17.8. The highest BCUT2D eigenvalue weighted by molar-refractivity contribution is 5.63. The lowest BCUT2D eigenvalue weighted by Gasteiger charge is -2.05. The van der Waals surface area contributed by atoms with Crippen LogP contribution in [-0.4, -0.2) is 16.4 Å². The van der Waals surface area contributed by atoms with Crippen molar-refractivity contribution in [2.75, 3.05) is 0 Å². The molecule has 4 heteroatoms. The summed E-state index contributed by atoms with van der Waals surface area (Å²) >= 11 is 0. The number of carbonyl (C=O) groups is 1. The fourth-order valence-corrected chi connectivity index (χ4v) is 1.03. The molecule has 1 aromatic rings. The van der Waals surface area contributed by atoms with Crippen LogP contribution in [0.25, 0.3) is 0 Å². The summed E-state index contributed by atoms with van der Waals surface area (Å²) in [4.78, 5) is 10.2. The predicted molar refractivity (Wildman–Crippen MR) is 46.1 cm³/mol. The zero-order chi connectivity index (χ0) is 9.84. The third-order valence-corrected chi connectivity index (χ3v) is 1.66. The van der Waals surface area contributed by atoms with E-state index in [0.717, 1.165) is 0 Å². The Morgan fingerprint density at radius 1 is 1.54 bits per heavy atom. The summed E-state index contributed by atoms with van der Waals surface area (Å²) < 4.78 is 4.35. The minimum absolute atomic E-state index is 0.0214. The molecule has 0 aliphatic heterocycles. The maximum Gasteiger partial charge on any atom is 0.511 e. The molecule has 0 atom stereocenters. The van der Waals surface area contributed by atoms with Crippen molar-refractivity contribution in [1.82, 2.24) is 0 Å². The van der Waals surface area contributed by atoms with E-state index in [-0.39, 0.29) is 11.5 Å². The van der Waals surface area contributed by atoms with Gasteiger partial charge in [0.2, 0.25) is 0 Å². The summed E-state index contributed by atoms with van der Waals surface area (Å²) in [5.74, 6) is -0.126. The van der Waals surface area contributed by atoms with Gasteiger partial charge in [0, 0.05) is 0 Å². The van der Waals surface area contributed by atoms with Crippen LogP contribution in [0.1, 0.15) is 12.5 Å². The molecule has 0 aliphatic rings. The fourth-order valence-electron chi connectivity index (χ4n) is 1.03. The highest BCUT2D eigenvalue weighted by Gasteiger charge is 2.09. The Hall–Kier alpha value is -1.71. The number of phenolic OH excluding ortho intramolecular Hbond substituents is 1. The van der Waals surface area contributed by atoms with Crippen molar-refractivity contribution < 1.29 is 19.7 Å². The molecule has 2 N–H and O–H groups in total. The summed E-state index contributed by atoms with van der Waals surface area (Å²) in [6.07, 6.45) is -0.800. The van der Waals surface area contributed by atoms with Crippen LogP contribution in [0.3, 0.4) is 0 Å². The number of aromatic hydroxyl groups is 1. The SMILES string of the molecule is CCc1cccc(OC(=O)O)c1O. The molecule has 0 saturated carbocycles. The standard InChI is InChI=1S/C9H10O4/c1-2-6-4-3-5-7(8(6)10)13-9(11)12/h3-5,10H,2H2,1H3,(H,11,12). The zero-order valence-corrected chi connectivity index (χ0v) is 7.15. The lowest BCUT2D eigenvalue weighted by molar-refractivity contribution is 0.143. The molecule has 1 aromatic carbocycles. The molecule has 0 spiro atoms. The van der Waals surface area contributed by atoms with Gasteiger partial charge in [-0.3, -0.25) is 0 Å². The molecular formula is C9H10O4. The Morgan fingerprint density at radius 2 is 2.23 bits per heavy atom. The smallest absolute Gasteiger partial charge is 0.504 e. The summed E-state index contributed by atoms with van der Waals surface area (Å²) in [7, 11) is 0. The van der Waals surface area contributed by atoms with Gasteiger partial charge in [0.15, 0.2) is 11.5 Å². The summed E-state index contributed by atoms with van der Waals surface area (Å²) in [5.41, 5.74) is 0.666. The minimum atomic E-state index is -1.43. The van der Waals surface area contributed by atoms with E-state index in [1.807, 2.05) is 6.92 Å². The Balaban J connectivity index is 3.01. The van der Waals surface area contributed by atoms with Crippen molar-refractivity contribution in [3.63, 3.8) is 0 Å². The number of para-hydroxylation sites is 1. The highest BCUT2D eigenvalue weighted by atomic mass is 16.7. The van der Waals surface area contributed by atoms with Crippen LogP contribution in [-0.2, 0) is 6.42 Å². The molecule has 0 saturated heterocycles. The van der Waals surface area contributed by atoms with E-state index in [0.29, 0.717) is 12.0 Å². The largest absolute Gasteiger partial charge is 0.511 e. The Bertz CT molecular complexity index is 319. The molecule has 0 bridgehead atoms. The highest BCUT2D eigenvalue weighted by Crippen LogP contribution is 2.29. The average Bonchev–Trinajstić information content (AvgIpc) is 2.08. The van der Waals surface area contributed by atoms with Crippen molar-refractivity contribution in [2.24, 2.45) is 0 Å². The van der Waals surface area contributed by atoms with Crippen molar-refractivity contribution in [1.29, 1.82) is 0 Å². The second-order valence-electron chi connectivity index (χ2n) is 2.49. The number of phenols is 1. The van der Waals surface area contributed by atoms with Crippen molar-refractivity contribution >= 4 is 6.16 Å². The van der Waals surface area contributed by atoms with Gasteiger partial charge >= 0.3 is 6.16 Å². The quantitative estimate of drug-likeness (QED) is 0.542. The Labute approximate surface area is 75.4 Å². The van der Waals surface area contributed by atoms with Gasteiger partial charge in [-0.2, -0.15) is 0 Å². The van der Waals surface area contributed by atoms with Gasteiger partial charge in [0.1, 0.15) is 0 Å². The minimum Gasteiger partial charge on any atom is -0.504 e. The molecule has 4 nitrogen and oxygen atoms in total. The average molecular weight is 182 g/mol. The van der Waals surface area contributed by atoms with Crippen LogP contribution < -0.4 is 4.74 Å². The lowest BCUT2D eigenvalue weighted by Crippen LogP contribution is -2.03.